The molecule has 0 aliphatic heterocycles. The molecule has 0 saturated carbocycles. The molecule has 4 nitrogen and oxygen atoms in total. The molecule has 0 bridgehead atoms. The largest absolute Gasteiger partial charge is 0.497 e. The van der Waals surface area contributed by atoms with Crippen molar-refractivity contribution in [3.8, 4) is 11.5 Å². The quantitative estimate of drug-likeness (QED) is 0.923. The topological polar surface area (TPSA) is 47.6 Å². The molecule has 1 amide bonds. The van der Waals surface area contributed by atoms with Gasteiger partial charge in [0.2, 0.25) is 0 Å². The zero-order chi connectivity index (χ0) is 16.1. The zero-order valence-electron chi connectivity index (χ0n) is 12.8. The second-order valence-electron chi connectivity index (χ2n) is 4.82. The van der Waals surface area contributed by atoms with Gasteiger partial charge in [0, 0.05) is 17.7 Å². The fourth-order valence-corrected chi connectivity index (χ4v) is 2.03. The summed E-state index contributed by atoms with van der Waals surface area (Å²) in [7, 11) is 3.13. The van der Waals surface area contributed by atoms with Gasteiger partial charge in [0.25, 0.3) is 5.91 Å². The van der Waals surface area contributed by atoms with Crippen molar-refractivity contribution in [3.05, 3.63) is 58.9 Å². The molecule has 2 rings (SSSR count). The summed E-state index contributed by atoms with van der Waals surface area (Å²) in [6.45, 7) is 1.91. The number of methoxy groups -OCH3 is 2. The molecule has 2 aromatic carbocycles. The molecular weight excluding hydrogens is 285 g/mol. The van der Waals surface area contributed by atoms with Crippen LogP contribution < -0.4 is 14.8 Å². The Labute approximate surface area is 128 Å². The van der Waals surface area contributed by atoms with E-state index in [0.29, 0.717) is 17.1 Å². The average molecular weight is 303 g/mol. The lowest BCUT2D eigenvalue weighted by atomic mass is 10.1. The molecule has 0 atom stereocenters. The Bertz CT molecular complexity index is 686. The third kappa shape index (κ3) is 3.55. The van der Waals surface area contributed by atoms with E-state index in [0.717, 1.165) is 5.56 Å². The highest BCUT2D eigenvalue weighted by Gasteiger charge is 2.10. The van der Waals surface area contributed by atoms with Crippen LogP contribution in [0, 0.1) is 12.7 Å². The Morgan fingerprint density at radius 3 is 2.55 bits per heavy atom. The van der Waals surface area contributed by atoms with Crippen molar-refractivity contribution in [1.82, 2.24) is 5.32 Å². The maximum absolute atomic E-state index is 13.5. The highest BCUT2D eigenvalue weighted by Crippen LogP contribution is 2.23. The molecule has 0 aliphatic carbocycles. The molecule has 0 unspecified atom stereocenters. The molecular formula is C17H18FNO3. The van der Waals surface area contributed by atoms with Crippen molar-refractivity contribution in [3.63, 3.8) is 0 Å². The van der Waals surface area contributed by atoms with Gasteiger partial charge in [0.1, 0.15) is 17.3 Å². The summed E-state index contributed by atoms with van der Waals surface area (Å²) < 4.78 is 23.9. The Balaban J connectivity index is 2.11. The van der Waals surface area contributed by atoms with E-state index in [2.05, 4.69) is 5.32 Å². The summed E-state index contributed by atoms with van der Waals surface area (Å²) in [4.78, 5) is 12.1. The number of carbonyl (C=O) groups is 1. The van der Waals surface area contributed by atoms with Crippen LogP contribution in [0.3, 0.4) is 0 Å². The smallest absolute Gasteiger partial charge is 0.251 e. The minimum Gasteiger partial charge on any atom is -0.497 e. The number of rotatable bonds is 5. The van der Waals surface area contributed by atoms with Crippen molar-refractivity contribution in [2.24, 2.45) is 0 Å². The first kappa shape index (κ1) is 15.8. The van der Waals surface area contributed by atoms with Crippen LogP contribution in [0.2, 0.25) is 0 Å². The number of ether oxygens (including phenoxy) is 2. The van der Waals surface area contributed by atoms with Crippen LogP contribution in [0.15, 0.2) is 36.4 Å². The Kier molecular flexibility index (Phi) is 4.99. The van der Waals surface area contributed by atoms with Gasteiger partial charge in [-0.2, -0.15) is 0 Å². The van der Waals surface area contributed by atoms with Crippen LogP contribution in [-0.2, 0) is 6.54 Å². The summed E-state index contributed by atoms with van der Waals surface area (Å²) >= 11 is 0. The number of aryl methyl sites for hydroxylation is 1. The van der Waals surface area contributed by atoms with Crippen LogP contribution in [0.4, 0.5) is 4.39 Å². The van der Waals surface area contributed by atoms with Gasteiger partial charge >= 0.3 is 0 Å². The molecule has 0 saturated heterocycles. The number of nitrogens with one attached hydrogen (secondary N) is 1. The average Bonchev–Trinajstić information content (AvgIpc) is 2.54. The minimum absolute atomic E-state index is 0.259. The van der Waals surface area contributed by atoms with E-state index >= 15 is 0 Å². The SMILES string of the molecule is COc1ccc(OC)c(CNC(=O)c2ccc(C)c(F)c2)c1. The maximum atomic E-state index is 13.5. The second kappa shape index (κ2) is 6.93. The molecule has 116 valence electrons. The Morgan fingerprint density at radius 2 is 1.91 bits per heavy atom. The van der Waals surface area contributed by atoms with Gasteiger partial charge in [-0.3, -0.25) is 4.79 Å². The third-order valence-electron chi connectivity index (χ3n) is 3.36. The van der Waals surface area contributed by atoms with Gasteiger partial charge < -0.3 is 14.8 Å². The Hall–Kier alpha value is -2.56. The molecule has 5 heteroatoms. The lowest BCUT2D eigenvalue weighted by Crippen LogP contribution is -2.23. The van der Waals surface area contributed by atoms with Gasteiger partial charge in [-0.1, -0.05) is 6.07 Å². The maximum Gasteiger partial charge on any atom is 0.251 e. The minimum atomic E-state index is -0.397. The lowest BCUT2D eigenvalue weighted by molar-refractivity contribution is 0.0950. The second-order valence-corrected chi connectivity index (χ2v) is 4.82. The first-order valence-corrected chi connectivity index (χ1v) is 6.80. The predicted octanol–water partition coefficient (Wildman–Crippen LogP) is 3.08. The third-order valence-corrected chi connectivity index (χ3v) is 3.36. The Morgan fingerprint density at radius 1 is 1.14 bits per heavy atom. The number of hydrogen-bond donors (Lipinski definition) is 1. The highest BCUT2D eigenvalue weighted by molar-refractivity contribution is 5.94. The monoisotopic (exact) mass is 303 g/mol. The van der Waals surface area contributed by atoms with E-state index in [4.69, 9.17) is 9.47 Å². The standard InChI is InChI=1S/C17H18FNO3/c1-11-4-5-12(9-15(11)18)17(20)19-10-13-8-14(21-2)6-7-16(13)22-3/h4-9H,10H2,1-3H3,(H,19,20). The number of hydrogen-bond acceptors (Lipinski definition) is 3. The van der Waals surface area contributed by atoms with Crippen molar-refractivity contribution < 1.29 is 18.7 Å². The summed E-state index contributed by atoms with van der Waals surface area (Å²) in [5.74, 6) is 0.581. The summed E-state index contributed by atoms with van der Waals surface area (Å²) in [5.41, 5.74) is 1.57. The van der Waals surface area contributed by atoms with Crippen molar-refractivity contribution in [2.45, 2.75) is 13.5 Å². The number of halogens is 1. The summed E-state index contributed by atoms with van der Waals surface area (Å²) in [6.07, 6.45) is 0. The van der Waals surface area contributed by atoms with Gasteiger partial charge in [0.05, 0.1) is 14.2 Å². The molecule has 0 aromatic heterocycles. The fourth-order valence-electron chi connectivity index (χ4n) is 2.03. The van der Waals surface area contributed by atoms with E-state index in [1.807, 2.05) is 0 Å². The van der Waals surface area contributed by atoms with E-state index < -0.39 is 5.82 Å². The van der Waals surface area contributed by atoms with Gasteiger partial charge in [-0.05, 0) is 42.8 Å². The van der Waals surface area contributed by atoms with Crippen LogP contribution in [-0.4, -0.2) is 20.1 Å². The highest BCUT2D eigenvalue weighted by atomic mass is 19.1. The van der Waals surface area contributed by atoms with Crippen molar-refractivity contribution in [2.75, 3.05) is 14.2 Å². The lowest BCUT2D eigenvalue weighted by Gasteiger charge is -2.11. The van der Waals surface area contributed by atoms with Gasteiger partial charge in [-0.15, -0.1) is 0 Å². The van der Waals surface area contributed by atoms with Crippen LogP contribution in [0.5, 0.6) is 11.5 Å². The van der Waals surface area contributed by atoms with Gasteiger partial charge in [-0.25, -0.2) is 4.39 Å². The van der Waals surface area contributed by atoms with Crippen LogP contribution in [0.25, 0.3) is 0 Å². The molecule has 22 heavy (non-hydrogen) atoms. The molecule has 0 radical (unpaired) electrons. The predicted molar refractivity (Wildman–Crippen MR) is 81.9 cm³/mol. The van der Waals surface area contributed by atoms with Crippen LogP contribution in [0.1, 0.15) is 21.5 Å². The van der Waals surface area contributed by atoms with E-state index in [1.165, 1.54) is 6.07 Å². The van der Waals surface area contributed by atoms with Gasteiger partial charge in [0.15, 0.2) is 0 Å². The van der Waals surface area contributed by atoms with Crippen LogP contribution >= 0.6 is 0 Å². The summed E-state index contributed by atoms with van der Waals surface area (Å²) in [5, 5.41) is 2.75. The molecule has 0 spiro atoms. The number of benzene rings is 2. The van der Waals surface area contributed by atoms with E-state index in [-0.39, 0.29) is 18.0 Å². The van der Waals surface area contributed by atoms with E-state index in [1.54, 1.807) is 51.5 Å². The molecule has 0 heterocycles. The molecule has 1 N–H and O–H groups in total. The molecule has 0 aliphatic rings. The van der Waals surface area contributed by atoms with Crippen molar-refractivity contribution >= 4 is 5.91 Å². The van der Waals surface area contributed by atoms with Crippen molar-refractivity contribution in [1.29, 1.82) is 0 Å². The normalized spacial score (nSPS) is 10.2. The number of amides is 1. The summed E-state index contributed by atoms with van der Waals surface area (Å²) in [6, 6.07) is 9.74. The fraction of sp³-hybridized carbons (Fsp3) is 0.235. The first-order valence-electron chi connectivity index (χ1n) is 6.80. The molecule has 0 fully saturated rings. The van der Waals surface area contributed by atoms with E-state index in [9.17, 15) is 9.18 Å². The molecule has 2 aromatic rings. The zero-order valence-corrected chi connectivity index (χ0v) is 12.8. The first-order chi connectivity index (χ1) is 10.5. The number of carbonyl (C=O) groups excluding carboxylic acids is 1.